The van der Waals surface area contributed by atoms with E-state index in [0.29, 0.717) is 6.54 Å². The molecule has 1 saturated carbocycles. The van der Waals surface area contributed by atoms with Crippen LogP contribution in [0.25, 0.3) is 11.1 Å². The lowest BCUT2D eigenvalue weighted by molar-refractivity contribution is -0.109. The molecule has 132 valence electrons. The molecule has 1 fully saturated rings. The molecule has 0 spiro atoms. The molecule has 0 aliphatic heterocycles. The first-order chi connectivity index (χ1) is 12.4. The van der Waals surface area contributed by atoms with Crippen LogP contribution < -0.4 is 10.1 Å². The average molecular weight is 337 g/mol. The third-order valence-electron chi connectivity index (χ3n) is 5.05. The van der Waals surface area contributed by atoms with Crippen molar-refractivity contribution in [1.29, 1.82) is 0 Å². The van der Waals surface area contributed by atoms with Crippen LogP contribution in [0.3, 0.4) is 0 Å². The molecular weight excluding hydrogens is 310 g/mol. The van der Waals surface area contributed by atoms with Crippen LogP contribution in [0.1, 0.15) is 44.1 Å². The zero-order valence-electron chi connectivity index (χ0n) is 14.7. The molecule has 3 rings (SSSR count). The maximum Gasteiger partial charge on any atom is 0.207 e. The van der Waals surface area contributed by atoms with Crippen LogP contribution in [0.4, 0.5) is 0 Å². The van der Waals surface area contributed by atoms with Crippen LogP contribution in [0.15, 0.2) is 48.5 Å². The van der Waals surface area contributed by atoms with Crippen LogP contribution in [-0.4, -0.2) is 13.0 Å². The van der Waals surface area contributed by atoms with E-state index in [9.17, 15) is 4.79 Å². The van der Waals surface area contributed by atoms with E-state index in [1.54, 1.807) is 0 Å². The van der Waals surface area contributed by atoms with Gasteiger partial charge in [0.15, 0.2) is 0 Å². The largest absolute Gasteiger partial charge is 0.493 e. The highest BCUT2D eigenvalue weighted by Gasteiger charge is 2.13. The maximum absolute atomic E-state index is 10.4. The van der Waals surface area contributed by atoms with Crippen LogP contribution in [0.2, 0.25) is 0 Å². The van der Waals surface area contributed by atoms with Gasteiger partial charge in [-0.3, -0.25) is 4.79 Å². The summed E-state index contributed by atoms with van der Waals surface area (Å²) in [5, 5.41) is 2.69. The van der Waals surface area contributed by atoms with E-state index in [1.807, 2.05) is 24.3 Å². The molecule has 25 heavy (non-hydrogen) atoms. The molecule has 1 aliphatic carbocycles. The molecule has 3 heteroatoms. The Bertz CT molecular complexity index is 660. The number of carbonyl (C=O) groups is 1. The standard InChI is InChI=1S/C22H27NO2/c24-17-23-16-19-10-12-20(13-11-19)21-8-4-5-9-22(21)25-15-14-18-6-2-1-3-7-18/h4-5,8-13,17-18H,1-3,6-7,14-16H2,(H,23,24). The van der Waals surface area contributed by atoms with E-state index < -0.39 is 0 Å². The molecule has 0 saturated heterocycles. The Morgan fingerprint density at radius 2 is 1.76 bits per heavy atom. The normalized spacial score (nSPS) is 14.9. The van der Waals surface area contributed by atoms with Crippen molar-refractivity contribution < 1.29 is 9.53 Å². The lowest BCUT2D eigenvalue weighted by atomic mass is 9.87. The first-order valence-electron chi connectivity index (χ1n) is 9.35. The van der Waals surface area contributed by atoms with Crippen LogP contribution >= 0.6 is 0 Å². The number of ether oxygens (including phenoxy) is 1. The van der Waals surface area contributed by atoms with Crippen LogP contribution in [0.5, 0.6) is 5.75 Å². The zero-order chi connectivity index (χ0) is 17.3. The summed E-state index contributed by atoms with van der Waals surface area (Å²) < 4.78 is 6.13. The molecule has 3 nitrogen and oxygen atoms in total. The van der Waals surface area contributed by atoms with E-state index in [2.05, 4.69) is 29.6 Å². The Labute approximate surface area is 150 Å². The molecule has 0 unspecified atom stereocenters. The van der Waals surface area contributed by atoms with Gasteiger partial charge in [-0.05, 0) is 29.5 Å². The van der Waals surface area contributed by atoms with Crippen molar-refractivity contribution in [2.24, 2.45) is 5.92 Å². The lowest BCUT2D eigenvalue weighted by Crippen LogP contribution is -2.11. The molecule has 2 aromatic carbocycles. The minimum atomic E-state index is 0.559. The average Bonchev–Trinajstić information content (AvgIpc) is 2.68. The van der Waals surface area contributed by atoms with E-state index in [-0.39, 0.29) is 0 Å². The van der Waals surface area contributed by atoms with Crippen LogP contribution in [-0.2, 0) is 11.3 Å². The van der Waals surface area contributed by atoms with Crippen molar-refractivity contribution in [3.8, 4) is 16.9 Å². The van der Waals surface area contributed by atoms with E-state index in [1.165, 1.54) is 32.1 Å². The van der Waals surface area contributed by atoms with E-state index in [4.69, 9.17) is 4.74 Å². The molecule has 0 bridgehead atoms. The first-order valence-corrected chi connectivity index (χ1v) is 9.35. The molecule has 1 aliphatic rings. The van der Waals surface area contributed by atoms with Crippen molar-refractivity contribution >= 4 is 6.41 Å². The predicted molar refractivity (Wildman–Crippen MR) is 101 cm³/mol. The highest BCUT2D eigenvalue weighted by atomic mass is 16.5. The summed E-state index contributed by atoms with van der Waals surface area (Å²) in [7, 11) is 0. The van der Waals surface area contributed by atoms with Gasteiger partial charge in [-0.2, -0.15) is 0 Å². The maximum atomic E-state index is 10.4. The Hall–Kier alpha value is -2.29. The van der Waals surface area contributed by atoms with Crippen molar-refractivity contribution in [3.05, 3.63) is 54.1 Å². The summed E-state index contributed by atoms with van der Waals surface area (Å²) in [6, 6.07) is 16.5. The monoisotopic (exact) mass is 337 g/mol. The smallest absolute Gasteiger partial charge is 0.207 e. The number of rotatable bonds is 8. The van der Waals surface area contributed by atoms with Crippen molar-refractivity contribution in [1.82, 2.24) is 5.32 Å². The minimum absolute atomic E-state index is 0.559. The second-order valence-corrected chi connectivity index (χ2v) is 6.83. The lowest BCUT2D eigenvalue weighted by Gasteiger charge is -2.21. The van der Waals surface area contributed by atoms with Crippen LogP contribution in [0, 0.1) is 5.92 Å². The Kier molecular flexibility index (Phi) is 6.49. The highest BCUT2D eigenvalue weighted by Crippen LogP contribution is 2.31. The van der Waals surface area contributed by atoms with Crippen molar-refractivity contribution in [2.45, 2.75) is 45.1 Å². The Morgan fingerprint density at radius 1 is 1.00 bits per heavy atom. The fourth-order valence-corrected chi connectivity index (χ4v) is 3.60. The molecule has 0 atom stereocenters. The fourth-order valence-electron chi connectivity index (χ4n) is 3.60. The van der Waals surface area contributed by atoms with Gasteiger partial charge >= 0.3 is 0 Å². The number of nitrogens with one attached hydrogen (secondary N) is 1. The summed E-state index contributed by atoms with van der Waals surface area (Å²) in [6.45, 7) is 1.35. The molecule has 1 N–H and O–H groups in total. The second-order valence-electron chi connectivity index (χ2n) is 6.83. The molecule has 2 aromatic rings. The summed E-state index contributed by atoms with van der Waals surface area (Å²) in [6.07, 6.45) is 8.77. The van der Waals surface area contributed by atoms with Gasteiger partial charge in [0.25, 0.3) is 0 Å². The van der Waals surface area contributed by atoms with Gasteiger partial charge in [0.2, 0.25) is 6.41 Å². The topological polar surface area (TPSA) is 38.3 Å². The van der Waals surface area contributed by atoms with Crippen molar-refractivity contribution in [3.63, 3.8) is 0 Å². The van der Waals surface area contributed by atoms with Gasteiger partial charge in [-0.25, -0.2) is 0 Å². The van der Waals surface area contributed by atoms with Gasteiger partial charge in [0.05, 0.1) is 6.61 Å². The van der Waals surface area contributed by atoms with Gasteiger partial charge < -0.3 is 10.1 Å². The molecule has 0 radical (unpaired) electrons. The quantitative estimate of drug-likeness (QED) is 0.692. The van der Waals surface area contributed by atoms with Gasteiger partial charge in [0, 0.05) is 12.1 Å². The van der Waals surface area contributed by atoms with E-state index >= 15 is 0 Å². The fraction of sp³-hybridized carbons (Fsp3) is 0.409. The van der Waals surface area contributed by atoms with E-state index in [0.717, 1.165) is 47.8 Å². The van der Waals surface area contributed by atoms with Gasteiger partial charge in [-0.15, -0.1) is 0 Å². The highest BCUT2D eigenvalue weighted by molar-refractivity contribution is 5.70. The number of hydrogen-bond acceptors (Lipinski definition) is 2. The zero-order valence-corrected chi connectivity index (χ0v) is 14.7. The Balaban J connectivity index is 1.62. The summed E-state index contributed by atoms with van der Waals surface area (Å²) >= 11 is 0. The summed E-state index contributed by atoms with van der Waals surface area (Å²) in [4.78, 5) is 10.4. The number of para-hydroxylation sites is 1. The predicted octanol–water partition coefficient (Wildman–Crippen LogP) is 4.95. The number of benzene rings is 2. The number of carbonyl (C=O) groups excluding carboxylic acids is 1. The van der Waals surface area contributed by atoms with Gasteiger partial charge in [-0.1, -0.05) is 74.6 Å². The summed E-state index contributed by atoms with van der Waals surface area (Å²) in [5.74, 6) is 1.79. The number of hydrogen-bond donors (Lipinski definition) is 1. The molecule has 1 amide bonds. The SMILES string of the molecule is O=CNCc1ccc(-c2ccccc2OCCC2CCCCC2)cc1. The van der Waals surface area contributed by atoms with Gasteiger partial charge in [0.1, 0.15) is 5.75 Å². The van der Waals surface area contributed by atoms with Crippen molar-refractivity contribution in [2.75, 3.05) is 6.61 Å². The first kappa shape index (κ1) is 17.5. The Morgan fingerprint density at radius 3 is 2.52 bits per heavy atom. The summed E-state index contributed by atoms with van der Waals surface area (Å²) in [5.41, 5.74) is 3.36. The molecule has 0 aromatic heterocycles. The number of amides is 1. The third kappa shape index (κ3) is 5.09. The molecular formula is C22H27NO2. The second kappa shape index (κ2) is 9.26. The minimum Gasteiger partial charge on any atom is -0.493 e. The molecule has 0 heterocycles. The third-order valence-corrected chi connectivity index (χ3v) is 5.05.